The number of aryl methyl sites for hydroxylation is 1. The van der Waals surface area contributed by atoms with Gasteiger partial charge in [0.05, 0.1) is 11.3 Å². The third-order valence-corrected chi connectivity index (χ3v) is 4.35. The molecule has 2 rings (SSSR count). The van der Waals surface area contributed by atoms with E-state index in [0.717, 1.165) is 31.5 Å². The second-order valence-electron chi connectivity index (χ2n) is 5.31. The minimum atomic E-state index is -0.811. The van der Waals surface area contributed by atoms with E-state index in [1.807, 2.05) is 19.1 Å². The fourth-order valence-electron chi connectivity index (χ4n) is 2.42. The van der Waals surface area contributed by atoms with Crippen molar-refractivity contribution in [3.63, 3.8) is 0 Å². The molecule has 0 aromatic heterocycles. The van der Waals surface area contributed by atoms with Gasteiger partial charge < -0.3 is 10.6 Å². The van der Waals surface area contributed by atoms with Crippen LogP contribution in [0.15, 0.2) is 18.2 Å². The number of hydrogen-bond donors (Lipinski definition) is 2. The van der Waals surface area contributed by atoms with Crippen molar-refractivity contribution in [3.05, 3.63) is 29.3 Å². The second-order valence-corrected chi connectivity index (χ2v) is 6.87. The summed E-state index contributed by atoms with van der Waals surface area (Å²) < 4.78 is 11.1. The van der Waals surface area contributed by atoms with E-state index in [4.69, 9.17) is 0 Å². The first kappa shape index (κ1) is 15.0. The van der Waals surface area contributed by atoms with E-state index in [1.54, 1.807) is 6.26 Å². The van der Waals surface area contributed by atoms with Crippen LogP contribution in [0, 0.1) is 0 Å². The van der Waals surface area contributed by atoms with Crippen molar-refractivity contribution < 1.29 is 9.00 Å². The van der Waals surface area contributed by atoms with Crippen LogP contribution in [-0.4, -0.2) is 34.7 Å². The quantitative estimate of drug-likeness (QED) is 0.872. The van der Waals surface area contributed by atoms with E-state index in [1.165, 1.54) is 5.56 Å². The zero-order valence-corrected chi connectivity index (χ0v) is 12.9. The van der Waals surface area contributed by atoms with Crippen LogP contribution < -0.4 is 10.6 Å². The van der Waals surface area contributed by atoms with Gasteiger partial charge in [0.2, 0.25) is 0 Å². The van der Waals surface area contributed by atoms with E-state index in [2.05, 4.69) is 16.7 Å². The van der Waals surface area contributed by atoms with Gasteiger partial charge in [0.25, 0.3) is 5.91 Å². The van der Waals surface area contributed by atoms with E-state index in [-0.39, 0.29) is 11.9 Å². The zero-order valence-electron chi connectivity index (χ0n) is 12.1. The Morgan fingerprint density at radius 3 is 3.05 bits per heavy atom. The van der Waals surface area contributed by atoms with Crippen molar-refractivity contribution in [2.75, 3.05) is 23.9 Å². The fraction of sp³-hybridized carbons (Fsp3) is 0.533. The Bertz CT molecular complexity index is 517. The molecule has 0 fully saturated rings. The Labute approximate surface area is 122 Å². The number of hydrogen-bond acceptors (Lipinski definition) is 3. The summed E-state index contributed by atoms with van der Waals surface area (Å²) in [5, 5.41) is 6.31. The Morgan fingerprint density at radius 2 is 2.30 bits per heavy atom. The third-order valence-electron chi connectivity index (χ3n) is 3.54. The molecular formula is C15H22N2O2S. The molecule has 0 saturated carbocycles. The third kappa shape index (κ3) is 3.82. The highest BCUT2D eigenvalue weighted by atomic mass is 32.2. The molecule has 1 aromatic carbocycles. The molecule has 5 heteroatoms. The Balaban J connectivity index is 2.04. The maximum Gasteiger partial charge on any atom is 0.253 e. The average Bonchev–Trinajstić information content (AvgIpc) is 2.44. The molecule has 1 amide bonds. The predicted molar refractivity (Wildman–Crippen MR) is 83.7 cm³/mol. The molecule has 0 saturated heterocycles. The van der Waals surface area contributed by atoms with Gasteiger partial charge in [-0.25, -0.2) is 0 Å². The highest BCUT2D eigenvalue weighted by Gasteiger charge is 2.18. The van der Waals surface area contributed by atoms with Gasteiger partial charge in [-0.15, -0.1) is 0 Å². The van der Waals surface area contributed by atoms with Gasteiger partial charge in [0, 0.05) is 35.4 Å². The lowest BCUT2D eigenvalue weighted by Crippen LogP contribution is -2.34. The largest absolute Gasteiger partial charge is 0.384 e. The van der Waals surface area contributed by atoms with Crippen LogP contribution in [0.25, 0.3) is 0 Å². The van der Waals surface area contributed by atoms with Crippen LogP contribution >= 0.6 is 0 Å². The number of amides is 1. The van der Waals surface area contributed by atoms with Gasteiger partial charge in [-0.1, -0.05) is 12.1 Å². The number of fused-ring (bicyclic) bond motifs is 1. The normalized spacial score (nSPS) is 16.7. The van der Waals surface area contributed by atoms with Crippen molar-refractivity contribution in [2.45, 2.75) is 32.2 Å². The van der Waals surface area contributed by atoms with Gasteiger partial charge in [-0.05, 0) is 37.8 Å². The molecule has 1 aliphatic rings. The molecule has 0 radical (unpaired) electrons. The highest BCUT2D eigenvalue weighted by Crippen LogP contribution is 2.26. The molecule has 1 aromatic rings. The molecule has 2 N–H and O–H groups in total. The van der Waals surface area contributed by atoms with E-state index in [9.17, 15) is 9.00 Å². The van der Waals surface area contributed by atoms with Gasteiger partial charge in [0.15, 0.2) is 0 Å². The second kappa shape index (κ2) is 6.88. The van der Waals surface area contributed by atoms with E-state index >= 15 is 0 Å². The molecule has 0 spiro atoms. The molecule has 110 valence electrons. The van der Waals surface area contributed by atoms with Crippen molar-refractivity contribution in [3.8, 4) is 0 Å². The van der Waals surface area contributed by atoms with Gasteiger partial charge in [-0.3, -0.25) is 9.00 Å². The number of rotatable bonds is 5. The summed E-state index contributed by atoms with van der Waals surface area (Å²) in [6, 6.07) is 5.90. The highest BCUT2D eigenvalue weighted by molar-refractivity contribution is 7.84. The lowest BCUT2D eigenvalue weighted by atomic mass is 9.99. The monoisotopic (exact) mass is 294 g/mol. The maximum absolute atomic E-state index is 12.3. The summed E-state index contributed by atoms with van der Waals surface area (Å²) in [7, 11) is -0.811. The summed E-state index contributed by atoms with van der Waals surface area (Å²) in [5.41, 5.74) is 2.90. The van der Waals surface area contributed by atoms with Crippen LogP contribution in [0.5, 0.6) is 0 Å². The molecular weight excluding hydrogens is 272 g/mol. The van der Waals surface area contributed by atoms with E-state index < -0.39 is 10.8 Å². The first-order chi connectivity index (χ1) is 9.58. The number of carbonyl (C=O) groups is 1. The lowest BCUT2D eigenvalue weighted by molar-refractivity contribution is 0.0940. The lowest BCUT2D eigenvalue weighted by Gasteiger charge is -2.22. The minimum absolute atomic E-state index is 0.0332. The smallest absolute Gasteiger partial charge is 0.253 e. The SMILES string of the molecule is CC(CCS(C)=O)NC(=O)c1cccc2c1NCCC2. The van der Waals surface area contributed by atoms with Gasteiger partial charge in [0.1, 0.15) is 0 Å². The molecule has 1 heterocycles. The molecule has 4 nitrogen and oxygen atoms in total. The average molecular weight is 294 g/mol. The fourth-order valence-corrected chi connectivity index (χ4v) is 3.10. The summed E-state index contributed by atoms with van der Waals surface area (Å²) in [5.74, 6) is 0.567. The van der Waals surface area contributed by atoms with Crippen LogP contribution in [0.3, 0.4) is 0 Å². The molecule has 2 unspecified atom stereocenters. The van der Waals surface area contributed by atoms with Crippen LogP contribution in [0.2, 0.25) is 0 Å². The first-order valence-corrected chi connectivity index (χ1v) is 8.77. The first-order valence-electron chi connectivity index (χ1n) is 7.04. The van der Waals surface area contributed by atoms with Crippen molar-refractivity contribution in [1.82, 2.24) is 5.32 Å². The van der Waals surface area contributed by atoms with Gasteiger partial charge >= 0.3 is 0 Å². The summed E-state index contributed by atoms with van der Waals surface area (Å²) in [6.45, 7) is 2.87. The number of benzene rings is 1. The molecule has 2 atom stereocenters. The van der Waals surface area contributed by atoms with Crippen LogP contribution in [-0.2, 0) is 17.2 Å². The van der Waals surface area contributed by atoms with Crippen molar-refractivity contribution >= 4 is 22.4 Å². The predicted octanol–water partition coefficient (Wildman–Crippen LogP) is 1.93. The standard InChI is InChI=1S/C15H22N2O2S/c1-11(8-10-20(2)19)17-15(18)13-7-3-5-12-6-4-9-16-14(12)13/h3,5,7,11,16H,4,6,8-10H2,1-2H3,(H,17,18). The molecule has 0 bridgehead atoms. The topological polar surface area (TPSA) is 58.2 Å². The number of anilines is 1. The minimum Gasteiger partial charge on any atom is -0.384 e. The molecule has 20 heavy (non-hydrogen) atoms. The van der Waals surface area contributed by atoms with Gasteiger partial charge in [-0.2, -0.15) is 0 Å². The van der Waals surface area contributed by atoms with Crippen LogP contribution in [0.1, 0.15) is 35.7 Å². The van der Waals surface area contributed by atoms with Crippen molar-refractivity contribution in [1.29, 1.82) is 0 Å². The molecule has 0 aliphatic carbocycles. The molecule has 1 aliphatic heterocycles. The number of nitrogens with one attached hydrogen (secondary N) is 2. The Kier molecular flexibility index (Phi) is 5.17. The summed E-state index contributed by atoms with van der Waals surface area (Å²) >= 11 is 0. The summed E-state index contributed by atoms with van der Waals surface area (Å²) in [6.07, 6.45) is 4.55. The summed E-state index contributed by atoms with van der Waals surface area (Å²) in [4.78, 5) is 12.3. The van der Waals surface area contributed by atoms with Crippen LogP contribution in [0.4, 0.5) is 5.69 Å². The Hall–Kier alpha value is -1.36. The number of para-hydroxylation sites is 1. The van der Waals surface area contributed by atoms with E-state index in [0.29, 0.717) is 11.3 Å². The Morgan fingerprint density at radius 1 is 1.50 bits per heavy atom. The maximum atomic E-state index is 12.3. The zero-order chi connectivity index (χ0) is 14.5. The number of carbonyl (C=O) groups excluding carboxylic acids is 1. The van der Waals surface area contributed by atoms with Crippen molar-refractivity contribution in [2.24, 2.45) is 0 Å².